The van der Waals surface area contributed by atoms with Crippen LogP contribution in [-0.2, 0) is 0 Å². The van der Waals surface area contributed by atoms with E-state index in [0.29, 0.717) is 23.7 Å². The SMILES string of the molecule is Fc1cccc2c1C(Nc1ncncc1Br)CO2. The predicted octanol–water partition coefficient (Wildman–Crippen LogP) is 2.92. The second-order valence-corrected chi connectivity index (χ2v) is 4.73. The molecule has 3 rings (SSSR count). The molecule has 1 atom stereocenters. The average molecular weight is 310 g/mol. The van der Waals surface area contributed by atoms with Gasteiger partial charge in [-0.15, -0.1) is 0 Å². The third kappa shape index (κ3) is 1.92. The van der Waals surface area contributed by atoms with Gasteiger partial charge < -0.3 is 10.1 Å². The Labute approximate surface area is 111 Å². The van der Waals surface area contributed by atoms with Gasteiger partial charge in [0.2, 0.25) is 0 Å². The lowest BCUT2D eigenvalue weighted by Crippen LogP contribution is -2.14. The van der Waals surface area contributed by atoms with Crippen LogP contribution in [0.4, 0.5) is 10.2 Å². The van der Waals surface area contributed by atoms with Crippen molar-refractivity contribution in [2.24, 2.45) is 0 Å². The maximum absolute atomic E-state index is 13.8. The van der Waals surface area contributed by atoms with Crippen LogP contribution in [0.3, 0.4) is 0 Å². The van der Waals surface area contributed by atoms with Gasteiger partial charge in [0.15, 0.2) is 0 Å². The maximum Gasteiger partial charge on any atom is 0.144 e. The summed E-state index contributed by atoms with van der Waals surface area (Å²) in [5.74, 6) is 0.931. The maximum atomic E-state index is 13.8. The van der Waals surface area contributed by atoms with Crippen molar-refractivity contribution in [2.45, 2.75) is 6.04 Å². The standard InChI is InChI=1S/C12H9BrFN3O/c13-7-4-15-6-16-12(7)17-9-5-18-10-3-1-2-8(14)11(9)10/h1-4,6,9H,5H2,(H,15,16,17). The number of fused-ring (bicyclic) bond motifs is 1. The van der Waals surface area contributed by atoms with Crippen molar-refractivity contribution in [3.8, 4) is 5.75 Å². The van der Waals surface area contributed by atoms with Crippen LogP contribution in [0.1, 0.15) is 11.6 Å². The normalized spacial score (nSPS) is 17.1. The van der Waals surface area contributed by atoms with Crippen molar-refractivity contribution in [3.63, 3.8) is 0 Å². The molecule has 92 valence electrons. The Morgan fingerprint density at radius 1 is 1.44 bits per heavy atom. The molecular weight excluding hydrogens is 301 g/mol. The molecule has 0 amide bonds. The number of rotatable bonds is 2. The van der Waals surface area contributed by atoms with E-state index < -0.39 is 0 Å². The van der Waals surface area contributed by atoms with Gasteiger partial charge in [0.1, 0.15) is 30.3 Å². The lowest BCUT2D eigenvalue weighted by Gasteiger charge is -2.13. The van der Waals surface area contributed by atoms with Crippen molar-refractivity contribution in [1.29, 1.82) is 0 Å². The second-order valence-electron chi connectivity index (χ2n) is 3.88. The van der Waals surface area contributed by atoms with Crippen molar-refractivity contribution in [2.75, 3.05) is 11.9 Å². The number of hydrogen-bond acceptors (Lipinski definition) is 4. The summed E-state index contributed by atoms with van der Waals surface area (Å²) in [5, 5.41) is 3.14. The number of aromatic nitrogens is 2. The van der Waals surface area contributed by atoms with Gasteiger partial charge in [-0.05, 0) is 28.1 Å². The highest BCUT2D eigenvalue weighted by atomic mass is 79.9. The Morgan fingerprint density at radius 3 is 3.17 bits per heavy atom. The first-order valence-electron chi connectivity index (χ1n) is 5.39. The summed E-state index contributed by atoms with van der Waals surface area (Å²) in [6, 6.07) is 4.58. The number of nitrogens with zero attached hydrogens (tertiary/aromatic N) is 2. The smallest absolute Gasteiger partial charge is 0.144 e. The number of benzene rings is 1. The predicted molar refractivity (Wildman–Crippen MR) is 68.0 cm³/mol. The quantitative estimate of drug-likeness (QED) is 0.926. The highest BCUT2D eigenvalue weighted by Gasteiger charge is 2.28. The number of halogens is 2. The van der Waals surface area contributed by atoms with Crippen LogP contribution in [0.25, 0.3) is 0 Å². The molecule has 1 aliphatic rings. The summed E-state index contributed by atoms with van der Waals surface area (Å²) in [7, 11) is 0. The third-order valence-corrected chi connectivity index (χ3v) is 3.33. The molecule has 0 radical (unpaired) electrons. The van der Waals surface area contributed by atoms with Crippen molar-refractivity contribution in [3.05, 3.63) is 46.6 Å². The van der Waals surface area contributed by atoms with E-state index in [1.807, 2.05) is 0 Å². The van der Waals surface area contributed by atoms with Gasteiger partial charge >= 0.3 is 0 Å². The molecule has 0 saturated carbocycles. The molecule has 0 fully saturated rings. The van der Waals surface area contributed by atoms with Gasteiger partial charge in [-0.2, -0.15) is 0 Å². The van der Waals surface area contributed by atoms with Gasteiger partial charge in [-0.3, -0.25) is 0 Å². The van der Waals surface area contributed by atoms with Crippen LogP contribution in [0.15, 0.2) is 35.2 Å². The molecule has 2 heterocycles. The van der Waals surface area contributed by atoms with Crippen LogP contribution >= 0.6 is 15.9 Å². The zero-order valence-electron chi connectivity index (χ0n) is 9.23. The number of ether oxygens (including phenoxy) is 1. The van der Waals surface area contributed by atoms with E-state index in [2.05, 4.69) is 31.2 Å². The Kier molecular flexibility index (Phi) is 2.87. The minimum atomic E-state index is -0.271. The Balaban J connectivity index is 1.92. The Hall–Kier alpha value is -1.69. The van der Waals surface area contributed by atoms with Crippen LogP contribution < -0.4 is 10.1 Å². The summed E-state index contributed by atoms with van der Waals surface area (Å²) in [4.78, 5) is 7.98. The minimum absolute atomic E-state index is 0.243. The highest BCUT2D eigenvalue weighted by Crippen LogP contribution is 2.36. The van der Waals surface area contributed by atoms with E-state index in [9.17, 15) is 4.39 Å². The molecule has 0 bridgehead atoms. The van der Waals surface area contributed by atoms with Crippen LogP contribution in [0.5, 0.6) is 5.75 Å². The van der Waals surface area contributed by atoms with E-state index >= 15 is 0 Å². The summed E-state index contributed by atoms with van der Waals surface area (Å²) in [6.45, 7) is 0.382. The zero-order valence-corrected chi connectivity index (χ0v) is 10.8. The van der Waals surface area contributed by atoms with Crippen LogP contribution in [0.2, 0.25) is 0 Å². The number of nitrogens with one attached hydrogen (secondary N) is 1. The molecule has 1 N–H and O–H groups in total. The van der Waals surface area contributed by atoms with Crippen LogP contribution in [0, 0.1) is 5.82 Å². The molecule has 0 saturated heterocycles. The number of anilines is 1. The van der Waals surface area contributed by atoms with Crippen LogP contribution in [-0.4, -0.2) is 16.6 Å². The molecule has 0 spiro atoms. The van der Waals surface area contributed by atoms with Gasteiger partial charge in [-0.25, -0.2) is 14.4 Å². The first-order chi connectivity index (χ1) is 8.75. The topological polar surface area (TPSA) is 47.0 Å². The second kappa shape index (κ2) is 4.53. The molecule has 1 aliphatic heterocycles. The zero-order chi connectivity index (χ0) is 12.5. The Morgan fingerprint density at radius 2 is 2.33 bits per heavy atom. The van der Waals surface area contributed by atoms with E-state index in [1.54, 1.807) is 18.3 Å². The largest absolute Gasteiger partial charge is 0.491 e. The summed E-state index contributed by atoms with van der Waals surface area (Å²) >= 11 is 3.34. The molecule has 4 nitrogen and oxygen atoms in total. The fourth-order valence-corrected chi connectivity index (χ4v) is 2.27. The highest BCUT2D eigenvalue weighted by molar-refractivity contribution is 9.10. The monoisotopic (exact) mass is 309 g/mol. The first kappa shape index (κ1) is 11.4. The Bertz CT molecular complexity index is 593. The average Bonchev–Trinajstić information content (AvgIpc) is 2.77. The van der Waals surface area contributed by atoms with Gasteiger partial charge in [0.05, 0.1) is 16.1 Å². The molecular formula is C12H9BrFN3O. The summed E-state index contributed by atoms with van der Waals surface area (Å²) in [6.07, 6.45) is 3.07. The molecule has 18 heavy (non-hydrogen) atoms. The fraction of sp³-hybridized carbons (Fsp3) is 0.167. The lowest BCUT2D eigenvalue weighted by atomic mass is 10.1. The number of hydrogen-bond donors (Lipinski definition) is 1. The molecule has 2 aromatic rings. The molecule has 1 aromatic heterocycles. The molecule has 1 unspecified atom stereocenters. The minimum Gasteiger partial charge on any atom is -0.491 e. The van der Waals surface area contributed by atoms with Crippen molar-refractivity contribution < 1.29 is 9.13 Å². The van der Waals surface area contributed by atoms with Gasteiger partial charge in [0.25, 0.3) is 0 Å². The van der Waals surface area contributed by atoms with Gasteiger partial charge in [-0.1, -0.05) is 6.07 Å². The van der Waals surface area contributed by atoms with E-state index in [-0.39, 0.29) is 11.9 Å². The van der Waals surface area contributed by atoms with E-state index in [0.717, 1.165) is 4.47 Å². The fourth-order valence-electron chi connectivity index (χ4n) is 1.94. The summed E-state index contributed by atoms with van der Waals surface area (Å²) < 4.78 is 20.0. The van der Waals surface area contributed by atoms with Crippen molar-refractivity contribution in [1.82, 2.24) is 9.97 Å². The van der Waals surface area contributed by atoms with Gasteiger partial charge in [0, 0.05) is 6.20 Å². The lowest BCUT2D eigenvalue weighted by molar-refractivity contribution is 0.339. The first-order valence-corrected chi connectivity index (χ1v) is 6.18. The molecule has 6 heteroatoms. The third-order valence-electron chi connectivity index (χ3n) is 2.75. The molecule has 0 aliphatic carbocycles. The summed E-state index contributed by atoms with van der Waals surface area (Å²) in [5.41, 5.74) is 0.544. The van der Waals surface area contributed by atoms with E-state index in [1.165, 1.54) is 12.4 Å². The van der Waals surface area contributed by atoms with Crippen molar-refractivity contribution >= 4 is 21.7 Å². The molecule has 1 aromatic carbocycles. The van der Waals surface area contributed by atoms with E-state index in [4.69, 9.17) is 4.74 Å².